The molecule has 0 unspecified atom stereocenters. The molecule has 8 heteroatoms. The second-order valence-corrected chi connectivity index (χ2v) is 8.89. The number of carboxylic acids is 1. The van der Waals surface area contributed by atoms with E-state index in [0.29, 0.717) is 32.4 Å². The number of hydrogen-bond donors (Lipinski definition) is 2. The largest absolute Gasteiger partial charge is 0.481 e. The summed E-state index contributed by atoms with van der Waals surface area (Å²) in [4.78, 5) is 23.8. The molecule has 1 saturated heterocycles. The van der Waals surface area contributed by atoms with Gasteiger partial charge in [0.1, 0.15) is 0 Å². The van der Waals surface area contributed by atoms with E-state index in [4.69, 9.17) is 5.11 Å². The molecule has 1 aliphatic heterocycles. The Bertz CT molecular complexity index is 787. The third-order valence-corrected chi connectivity index (χ3v) is 7.14. The Morgan fingerprint density at radius 3 is 2.42 bits per heavy atom. The number of piperidine rings is 1. The molecule has 7 nitrogen and oxygen atoms in total. The quantitative estimate of drug-likeness (QED) is 0.811. The lowest BCUT2D eigenvalue weighted by molar-refractivity contribution is -0.141. The Hall–Kier alpha value is -1.93. The van der Waals surface area contributed by atoms with Gasteiger partial charge in [-0.15, -0.1) is 0 Å². The summed E-state index contributed by atoms with van der Waals surface area (Å²) < 4.78 is 27.4. The van der Waals surface area contributed by atoms with Crippen LogP contribution < -0.4 is 5.32 Å². The second-order valence-electron chi connectivity index (χ2n) is 6.98. The van der Waals surface area contributed by atoms with Gasteiger partial charge in [0, 0.05) is 19.1 Å². The molecule has 0 bridgehead atoms. The van der Waals surface area contributed by atoms with E-state index in [1.807, 2.05) is 0 Å². The van der Waals surface area contributed by atoms with Crippen molar-refractivity contribution >= 4 is 21.9 Å². The van der Waals surface area contributed by atoms with E-state index in [1.165, 1.54) is 16.4 Å². The molecule has 0 radical (unpaired) electrons. The third-order valence-electron chi connectivity index (χ3n) is 5.18. The van der Waals surface area contributed by atoms with Crippen molar-refractivity contribution in [3.05, 3.63) is 29.8 Å². The maximum Gasteiger partial charge on any atom is 0.306 e. The van der Waals surface area contributed by atoms with Gasteiger partial charge in [0.15, 0.2) is 0 Å². The van der Waals surface area contributed by atoms with Gasteiger partial charge in [-0.3, -0.25) is 9.59 Å². The lowest BCUT2D eigenvalue weighted by atomic mass is 10.1. The van der Waals surface area contributed by atoms with E-state index < -0.39 is 27.8 Å². The zero-order chi connectivity index (χ0) is 18.7. The van der Waals surface area contributed by atoms with E-state index in [9.17, 15) is 18.0 Å². The zero-order valence-corrected chi connectivity index (χ0v) is 15.4. The highest BCUT2D eigenvalue weighted by molar-refractivity contribution is 7.89. The Balaban J connectivity index is 1.78. The molecule has 1 saturated carbocycles. The summed E-state index contributed by atoms with van der Waals surface area (Å²) in [5.74, 6) is -1.76. The van der Waals surface area contributed by atoms with Crippen molar-refractivity contribution in [3.63, 3.8) is 0 Å². The van der Waals surface area contributed by atoms with Crippen LogP contribution in [0, 0.1) is 5.92 Å². The normalized spacial score (nSPS) is 24.3. The fourth-order valence-corrected chi connectivity index (χ4v) is 5.43. The van der Waals surface area contributed by atoms with E-state index >= 15 is 0 Å². The molecule has 0 spiro atoms. The highest BCUT2D eigenvalue weighted by atomic mass is 32.2. The number of amides is 1. The standard InChI is InChI=1S/C18H24N2O5S/c21-17(19-14-9-8-13(12-14)18(22)23)15-6-2-3-7-16(15)26(24,25)20-10-4-1-5-11-20/h2-3,6-7,13-14H,1,4-5,8-12H2,(H,19,21)(H,22,23)/t13-,14+/m0/s1. The minimum absolute atomic E-state index is 0.0205. The predicted molar refractivity (Wildman–Crippen MR) is 95.3 cm³/mol. The number of carbonyl (C=O) groups excluding carboxylic acids is 1. The molecule has 2 N–H and O–H groups in total. The van der Waals surface area contributed by atoms with Crippen LogP contribution in [0.4, 0.5) is 0 Å². The molecule has 2 aliphatic rings. The molecular formula is C18H24N2O5S. The minimum Gasteiger partial charge on any atom is -0.481 e. The smallest absolute Gasteiger partial charge is 0.306 e. The highest BCUT2D eigenvalue weighted by Gasteiger charge is 2.33. The Kier molecular flexibility index (Phi) is 5.62. The lowest BCUT2D eigenvalue weighted by Crippen LogP contribution is -2.38. The summed E-state index contributed by atoms with van der Waals surface area (Å²) in [5.41, 5.74) is 0.122. The molecule has 2 atom stereocenters. The molecule has 3 rings (SSSR count). The lowest BCUT2D eigenvalue weighted by Gasteiger charge is -2.26. The molecule has 1 heterocycles. The van der Waals surface area contributed by atoms with Crippen molar-refractivity contribution in [2.24, 2.45) is 5.92 Å². The number of nitrogens with one attached hydrogen (secondary N) is 1. The summed E-state index contributed by atoms with van der Waals surface area (Å²) in [6, 6.07) is 5.99. The van der Waals surface area contributed by atoms with Crippen molar-refractivity contribution in [2.45, 2.75) is 49.5 Å². The summed E-state index contributed by atoms with van der Waals surface area (Å²) >= 11 is 0. The van der Waals surface area contributed by atoms with Gasteiger partial charge in [-0.05, 0) is 44.2 Å². The molecule has 142 valence electrons. The van der Waals surface area contributed by atoms with Crippen LogP contribution in [0.2, 0.25) is 0 Å². The molecule has 1 aromatic rings. The Morgan fingerprint density at radius 2 is 1.77 bits per heavy atom. The van der Waals surface area contributed by atoms with Gasteiger partial charge in [0.2, 0.25) is 10.0 Å². The SMILES string of the molecule is O=C(N[C@@H]1CC[C@H](C(=O)O)C1)c1ccccc1S(=O)(=O)N1CCCCC1. The fraction of sp³-hybridized carbons (Fsp3) is 0.556. The summed E-state index contributed by atoms with van der Waals surface area (Å²) in [6.45, 7) is 0.947. The molecular weight excluding hydrogens is 356 g/mol. The number of aliphatic carboxylic acids is 1. The van der Waals surface area contributed by atoms with Crippen LogP contribution in [-0.2, 0) is 14.8 Å². The average molecular weight is 380 g/mol. The first-order chi connectivity index (χ1) is 12.4. The molecule has 2 fully saturated rings. The van der Waals surface area contributed by atoms with Gasteiger partial charge in [0.25, 0.3) is 5.91 Å². The summed E-state index contributed by atoms with van der Waals surface area (Å²) in [5, 5.41) is 11.9. The van der Waals surface area contributed by atoms with E-state index in [2.05, 4.69) is 5.32 Å². The number of benzene rings is 1. The van der Waals surface area contributed by atoms with E-state index in [0.717, 1.165) is 19.3 Å². The molecule has 26 heavy (non-hydrogen) atoms. The number of carboxylic acid groups (broad SMARTS) is 1. The number of hydrogen-bond acceptors (Lipinski definition) is 4. The maximum atomic E-state index is 13.0. The first kappa shape index (κ1) is 18.8. The Morgan fingerprint density at radius 1 is 1.08 bits per heavy atom. The number of carbonyl (C=O) groups is 2. The van der Waals surface area contributed by atoms with Crippen LogP contribution >= 0.6 is 0 Å². The van der Waals surface area contributed by atoms with Crippen LogP contribution in [0.3, 0.4) is 0 Å². The molecule has 1 aromatic carbocycles. The van der Waals surface area contributed by atoms with Crippen LogP contribution in [0.15, 0.2) is 29.2 Å². The number of nitrogens with zero attached hydrogens (tertiary/aromatic N) is 1. The van der Waals surface area contributed by atoms with E-state index in [-0.39, 0.29) is 16.5 Å². The Labute approximate surface area is 153 Å². The zero-order valence-electron chi connectivity index (χ0n) is 14.6. The maximum absolute atomic E-state index is 13.0. The third kappa shape index (κ3) is 3.91. The van der Waals surface area contributed by atoms with E-state index in [1.54, 1.807) is 12.1 Å². The van der Waals surface area contributed by atoms with Crippen LogP contribution in [0.5, 0.6) is 0 Å². The minimum atomic E-state index is -3.72. The molecule has 1 aliphatic carbocycles. The second kappa shape index (κ2) is 7.75. The van der Waals surface area contributed by atoms with Gasteiger partial charge in [0.05, 0.1) is 16.4 Å². The number of sulfonamides is 1. The summed E-state index contributed by atoms with van der Waals surface area (Å²) in [6.07, 6.45) is 4.15. The van der Waals surface area contributed by atoms with Crippen molar-refractivity contribution in [3.8, 4) is 0 Å². The van der Waals surface area contributed by atoms with Gasteiger partial charge >= 0.3 is 5.97 Å². The van der Waals surface area contributed by atoms with Crippen LogP contribution in [-0.4, -0.2) is 48.8 Å². The van der Waals surface area contributed by atoms with Gasteiger partial charge in [-0.25, -0.2) is 8.42 Å². The van der Waals surface area contributed by atoms with Crippen LogP contribution in [0.1, 0.15) is 48.9 Å². The van der Waals surface area contributed by atoms with Crippen molar-refractivity contribution in [1.82, 2.24) is 9.62 Å². The van der Waals surface area contributed by atoms with Crippen molar-refractivity contribution in [1.29, 1.82) is 0 Å². The van der Waals surface area contributed by atoms with Gasteiger partial charge < -0.3 is 10.4 Å². The summed E-state index contributed by atoms with van der Waals surface area (Å²) in [7, 11) is -3.72. The van der Waals surface area contributed by atoms with Crippen LogP contribution in [0.25, 0.3) is 0 Å². The van der Waals surface area contributed by atoms with Gasteiger partial charge in [-0.1, -0.05) is 18.6 Å². The average Bonchev–Trinajstić information content (AvgIpc) is 3.11. The monoisotopic (exact) mass is 380 g/mol. The fourth-order valence-electron chi connectivity index (χ4n) is 3.72. The van der Waals surface area contributed by atoms with Gasteiger partial charge in [-0.2, -0.15) is 4.31 Å². The first-order valence-electron chi connectivity index (χ1n) is 9.02. The number of rotatable bonds is 5. The van der Waals surface area contributed by atoms with Crippen molar-refractivity contribution < 1.29 is 23.1 Å². The molecule has 1 amide bonds. The highest BCUT2D eigenvalue weighted by Crippen LogP contribution is 2.27. The van der Waals surface area contributed by atoms with Crippen molar-refractivity contribution in [2.75, 3.05) is 13.1 Å². The predicted octanol–water partition coefficient (Wildman–Crippen LogP) is 1.84. The molecule has 0 aromatic heterocycles. The first-order valence-corrected chi connectivity index (χ1v) is 10.5. The topological polar surface area (TPSA) is 104 Å².